The molecule has 0 radical (unpaired) electrons. The summed E-state index contributed by atoms with van der Waals surface area (Å²) in [4.78, 5) is 2.44. The average Bonchev–Trinajstić information content (AvgIpc) is 2.82. The van der Waals surface area contributed by atoms with E-state index >= 15 is 0 Å². The van der Waals surface area contributed by atoms with Gasteiger partial charge in [-0.2, -0.15) is 0 Å². The van der Waals surface area contributed by atoms with E-state index in [2.05, 4.69) is 128 Å². The summed E-state index contributed by atoms with van der Waals surface area (Å²) < 4.78 is 0. The van der Waals surface area contributed by atoms with Crippen molar-refractivity contribution < 1.29 is 0 Å². The number of benzene rings is 5. The van der Waals surface area contributed by atoms with Crippen molar-refractivity contribution in [1.29, 1.82) is 0 Å². The van der Waals surface area contributed by atoms with Crippen molar-refractivity contribution >= 4 is 50.9 Å². The lowest BCUT2D eigenvalue weighted by Crippen LogP contribution is -2.57. The van der Waals surface area contributed by atoms with Crippen molar-refractivity contribution in [3.8, 4) is 0 Å². The van der Waals surface area contributed by atoms with Crippen LogP contribution >= 0.6 is 0 Å². The number of anilines is 3. The van der Waals surface area contributed by atoms with Gasteiger partial charge in [0.1, 0.15) is 0 Å². The van der Waals surface area contributed by atoms with Crippen LogP contribution in [0.25, 0.3) is 10.8 Å². The molecule has 0 atom stereocenters. The van der Waals surface area contributed by atoms with Crippen molar-refractivity contribution in [3.63, 3.8) is 0 Å². The van der Waals surface area contributed by atoms with Gasteiger partial charge < -0.3 is 4.90 Å². The van der Waals surface area contributed by atoms with E-state index in [0.29, 0.717) is 0 Å². The number of hydrogen-bond donors (Lipinski definition) is 0. The predicted molar refractivity (Wildman–Crippen MR) is 139 cm³/mol. The van der Waals surface area contributed by atoms with Crippen LogP contribution in [0.1, 0.15) is 11.1 Å². The van der Waals surface area contributed by atoms with Crippen molar-refractivity contribution in [3.05, 3.63) is 120 Å². The highest BCUT2D eigenvalue weighted by Crippen LogP contribution is 2.37. The Labute approximate surface area is 190 Å². The van der Waals surface area contributed by atoms with Gasteiger partial charge in [-0.05, 0) is 59.8 Å². The Balaban J connectivity index is 1.65. The fraction of sp³-hybridized carbons (Fsp3) is 0.0667. The minimum absolute atomic E-state index is 0.220. The van der Waals surface area contributed by atoms with Gasteiger partial charge in [0.2, 0.25) is 6.71 Å². The monoisotopic (exact) mass is 409 g/mol. The molecular weight excluding hydrogens is 385 g/mol. The lowest BCUT2D eigenvalue weighted by atomic mass is 9.35. The lowest BCUT2D eigenvalue weighted by molar-refractivity contribution is 1.28. The molecule has 1 nitrogen and oxygen atoms in total. The van der Waals surface area contributed by atoms with Gasteiger partial charge in [-0.25, -0.2) is 0 Å². The van der Waals surface area contributed by atoms with Crippen molar-refractivity contribution in [2.45, 2.75) is 13.8 Å². The minimum atomic E-state index is 0.220. The molecule has 0 bridgehead atoms. The van der Waals surface area contributed by atoms with Crippen LogP contribution in [-0.2, 0) is 0 Å². The molecule has 5 aromatic carbocycles. The number of rotatable bonds is 2. The first-order chi connectivity index (χ1) is 15.7. The maximum atomic E-state index is 2.44. The van der Waals surface area contributed by atoms with Crippen LogP contribution in [-0.4, -0.2) is 6.71 Å². The van der Waals surface area contributed by atoms with Gasteiger partial charge in [0.25, 0.3) is 0 Å². The van der Waals surface area contributed by atoms with Crippen LogP contribution in [0.4, 0.5) is 17.1 Å². The summed E-state index contributed by atoms with van der Waals surface area (Å²) in [5.41, 5.74) is 10.4. The van der Waals surface area contributed by atoms with E-state index in [0.717, 1.165) is 0 Å². The summed E-state index contributed by atoms with van der Waals surface area (Å²) >= 11 is 0. The summed E-state index contributed by atoms with van der Waals surface area (Å²) in [5, 5.41) is 2.53. The molecule has 0 N–H and O–H groups in total. The average molecular weight is 409 g/mol. The molecule has 1 aliphatic heterocycles. The van der Waals surface area contributed by atoms with Gasteiger partial charge in [0.05, 0.1) is 0 Å². The second kappa shape index (κ2) is 7.42. The molecule has 0 aromatic heterocycles. The summed E-state index contributed by atoms with van der Waals surface area (Å²) in [7, 11) is 0. The summed E-state index contributed by atoms with van der Waals surface area (Å²) in [6.45, 7) is 4.60. The zero-order chi connectivity index (χ0) is 21.7. The Kier molecular flexibility index (Phi) is 4.40. The standard InChI is InChI=1S/C30H24BN/c1-21-12-16-29-27(18-21)31(25-10-4-3-5-11-25)28-19-22(2)13-17-30(28)32(29)26-15-14-23-8-6-7-9-24(23)20-26/h3-20H,1-2H3. The van der Waals surface area contributed by atoms with E-state index in [4.69, 9.17) is 0 Å². The van der Waals surface area contributed by atoms with E-state index < -0.39 is 0 Å². The third kappa shape index (κ3) is 3.03. The Bertz CT molecular complexity index is 1400. The molecule has 0 saturated carbocycles. The summed E-state index contributed by atoms with van der Waals surface area (Å²) in [5.74, 6) is 0. The predicted octanol–water partition coefficient (Wildman–Crippen LogP) is 5.76. The fourth-order valence-electron chi connectivity index (χ4n) is 5.11. The minimum Gasteiger partial charge on any atom is -0.312 e. The molecule has 0 spiro atoms. The molecule has 0 saturated heterocycles. The molecule has 1 heterocycles. The van der Waals surface area contributed by atoms with Gasteiger partial charge in [-0.1, -0.05) is 102 Å². The highest BCUT2D eigenvalue weighted by atomic mass is 15.1. The van der Waals surface area contributed by atoms with Crippen LogP contribution in [0.3, 0.4) is 0 Å². The molecular formula is C30H24BN. The molecule has 0 unspecified atom stereocenters. The highest BCUT2D eigenvalue weighted by molar-refractivity contribution is 6.98. The Morgan fingerprint density at radius 3 is 1.78 bits per heavy atom. The molecule has 1 aliphatic rings. The second-order valence-corrected chi connectivity index (χ2v) is 8.84. The second-order valence-electron chi connectivity index (χ2n) is 8.84. The molecule has 0 aliphatic carbocycles. The van der Waals surface area contributed by atoms with Crippen molar-refractivity contribution in [1.82, 2.24) is 0 Å². The van der Waals surface area contributed by atoms with Crippen molar-refractivity contribution in [2.24, 2.45) is 0 Å². The van der Waals surface area contributed by atoms with Gasteiger partial charge in [0, 0.05) is 17.1 Å². The van der Waals surface area contributed by atoms with E-state index in [9.17, 15) is 0 Å². The van der Waals surface area contributed by atoms with Crippen LogP contribution in [0.15, 0.2) is 109 Å². The third-order valence-corrected chi connectivity index (χ3v) is 6.59. The molecule has 0 fully saturated rings. The quantitative estimate of drug-likeness (QED) is 0.329. The first-order valence-electron chi connectivity index (χ1n) is 11.2. The van der Waals surface area contributed by atoms with Gasteiger partial charge in [-0.3, -0.25) is 0 Å². The Morgan fingerprint density at radius 1 is 0.531 bits per heavy atom. The molecule has 0 amide bonds. The summed E-state index contributed by atoms with van der Waals surface area (Å²) in [6, 6.07) is 40.1. The summed E-state index contributed by atoms with van der Waals surface area (Å²) in [6.07, 6.45) is 0. The number of aryl methyl sites for hydroxylation is 2. The first kappa shape index (κ1) is 19.0. The van der Waals surface area contributed by atoms with Crippen LogP contribution < -0.4 is 21.3 Å². The Morgan fingerprint density at radius 2 is 1.12 bits per heavy atom. The number of nitrogens with zero attached hydrogens (tertiary/aromatic N) is 1. The first-order valence-corrected chi connectivity index (χ1v) is 11.2. The smallest absolute Gasteiger partial charge is 0.246 e. The lowest BCUT2D eigenvalue weighted by Gasteiger charge is -2.37. The van der Waals surface area contributed by atoms with E-state index in [1.807, 2.05) is 0 Å². The zero-order valence-corrected chi connectivity index (χ0v) is 18.4. The van der Waals surface area contributed by atoms with Crippen molar-refractivity contribution in [2.75, 3.05) is 4.90 Å². The largest absolute Gasteiger partial charge is 0.312 e. The SMILES string of the molecule is Cc1ccc2c(c1)B(c1ccccc1)c1cc(C)ccc1N2c1ccc2ccccc2c1. The normalized spacial score (nSPS) is 12.6. The maximum absolute atomic E-state index is 2.44. The van der Waals surface area contributed by atoms with E-state index in [-0.39, 0.29) is 6.71 Å². The van der Waals surface area contributed by atoms with Gasteiger partial charge in [-0.15, -0.1) is 0 Å². The molecule has 6 rings (SSSR count). The molecule has 152 valence electrons. The van der Waals surface area contributed by atoms with Crippen LogP contribution in [0.5, 0.6) is 0 Å². The molecule has 5 aromatic rings. The molecule has 2 heteroatoms. The van der Waals surface area contributed by atoms with Crippen LogP contribution in [0, 0.1) is 13.8 Å². The topological polar surface area (TPSA) is 3.24 Å². The van der Waals surface area contributed by atoms with E-state index in [1.165, 1.54) is 55.3 Å². The zero-order valence-electron chi connectivity index (χ0n) is 18.4. The Hall–Kier alpha value is -3.78. The fourth-order valence-corrected chi connectivity index (χ4v) is 5.11. The molecule has 32 heavy (non-hydrogen) atoms. The highest BCUT2D eigenvalue weighted by Gasteiger charge is 2.35. The van der Waals surface area contributed by atoms with Gasteiger partial charge in [0.15, 0.2) is 0 Å². The van der Waals surface area contributed by atoms with E-state index in [1.54, 1.807) is 0 Å². The van der Waals surface area contributed by atoms with Gasteiger partial charge >= 0.3 is 0 Å². The number of fused-ring (bicyclic) bond motifs is 3. The van der Waals surface area contributed by atoms with Crippen LogP contribution in [0.2, 0.25) is 0 Å². The number of hydrogen-bond acceptors (Lipinski definition) is 1. The third-order valence-electron chi connectivity index (χ3n) is 6.59. The maximum Gasteiger partial charge on any atom is 0.246 e.